The maximum atomic E-state index is 10.5. The maximum absolute atomic E-state index is 10.5. The van der Waals surface area contributed by atoms with Crippen LogP contribution in [0.5, 0.6) is 0 Å². The van der Waals surface area contributed by atoms with Crippen LogP contribution in [0.15, 0.2) is 17.5 Å². The predicted molar refractivity (Wildman–Crippen MR) is 78.1 cm³/mol. The van der Waals surface area contributed by atoms with Crippen LogP contribution in [0.1, 0.15) is 43.9 Å². The van der Waals surface area contributed by atoms with E-state index >= 15 is 0 Å². The van der Waals surface area contributed by atoms with Crippen molar-refractivity contribution in [2.75, 3.05) is 13.1 Å². The van der Waals surface area contributed by atoms with E-state index in [0.717, 1.165) is 38.3 Å². The summed E-state index contributed by atoms with van der Waals surface area (Å²) in [6.45, 7) is 3.99. The molecule has 0 unspecified atom stereocenters. The Kier molecular flexibility index (Phi) is 5.22. The van der Waals surface area contributed by atoms with Crippen molar-refractivity contribution in [1.82, 2.24) is 5.32 Å². The lowest BCUT2D eigenvalue weighted by molar-refractivity contribution is -0.00834. The summed E-state index contributed by atoms with van der Waals surface area (Å²) in [5.41, 5.74) is -0.443. The fraction of sp³-hybridized carbons (Fsp3) is 0.733. The Morgan fingerprint density at radius 2 is 2.22 bits per heavy atom. The smallest absolute Gasteiger partial charge is 0.0771 e. The predicted octanol–water partition coefficient (Wildman–Crippen LogP) is 3.21. The molecule has 1 aliphatic carbocycles. The Balaban J connectivity index is 1.64. The Morgan fingerprint density at radius 1 is 1.44 bits per heavy atom. The van der Waals surface area contributed by atoms with Gasteiger partial charge in [-0.3, -0.25) is 0 Å². The highest BCUT2D eigenvalue weighted by Crippen LogP contribution is 2.33. The highest BCUT2D eigenvalue weighted by Gasteiger charge is 2.31. The minimum absolute atomic E-state index is 0.443. The van der Waals surface area contributed by atoms with Gasteiger partial charge in [-0.15, -0.1) is 11.3 Å². The first kappa shape index (κ1) is 14.0. The van der Waals surface area contributed by atoms with E-state index in [0.29, 0.717) is 0 Å². The molecule has 1 aromatic heterocycles. The first-order valence-corrected chi connectivity index (χ1v) is 8.05. The molecule has 0 bridgehead atoms. The van der Waals surface area contributed by atoms with Crippen molar-refractivity contribution in [2.24, 2.45) is 5.92 Å². The van der Waals surface area contributed by atoms with Gasteiger partial charge in [0.25, 0.3) is 0 Å². The summed E-state index contributed by atoms with van der Waals surface area (Å²) in [5.74, 6) is 0.844. The lowest BCUT2D eigenvalue weighted by Crippen LogP contribution is -2.44. The van der Waals surface area contributed by atoms with E-state index in [1.165, 1.54) is 24.1 Å². The third-order valence-electron chi connectivity index (χ3n) is 4.20. The van der Waals surface area contributed by atoms with E-state index in [1.54, 1.807) is 0 Å². The highest BCUT2D eigenvalue weighted by molar-refractivity contribution is 7.09. The normalized spacial score (nSPS) is 28.4. The van der Waals surface area contributed by atoms with Gasteiger partial charge in [0.05, 0.1) is 5.60 Å². The van der Waals surface area contributed by atoms with E-state index in [-0.39, 0.29) is 0 Å². The summed E-state index contributed by atoms with van der Waals surface area (Å²) in [7, 11) is 0. The summed E-state index contributed by atoms with van der Waals surface area (Å²) in [6.07, 6.45) is 6.67. The van der Waals surface area contributed by atoms with Crippen LogP contribution in [0.25, 0.3) is 0 Å². The van der Waals surface area contributed by atoms with Gasteiger partial charge in [-0.1, -0.05) is 19.4 Å². The van der Waals surface area contributed by atoms with Gasteiger partial charge in [-0.05, 0) is 49.5 Å². The first-order valence-electron chi connectivity index (χ1n) is 7.17. The zero-order valence-corrected chi connectivity index (χ0v) is 12.1. The van der Waals surface area contributed by atoms with Gasteiger partial charge in [-0.25, -0.2) is 0 Å². The van der Waals surface area contributed by atoms with Gasteiger partial charge in [0.2, 0.25) is 0 Å². The second-order valence-electron chi connectivity index (χ2n) is 5.58. The Labute approximate surface area is 114 Å². The fourth-order valence-corrected chi connectivity index (χ4v) is 3.50. The van der Waals surface area contributed by atoms with Gasteiger partial charge >= 0.3 is 0 Å². The highest BCUT2D eigenvalue weighted by atomic mass is 32.1. The van der Waals surface area contributed by atoms with Crippen LogP contribution in [0.3, 0.4) is 0 Å². The number of hydrogen-bond acceptors (Lipinski definition) is 3. The Morgan fingerprint density at radius 3 is 2.83 bits per heavy atom. The number of nitrogens with one attached hydrogen (secondary N) is 1. The summed E-state index contributed by atoms with van der Waals surface area (Å²) in [4.78, 5) is 1.42. The molecule has 0 spiro atoms. The molecule has 0 radical (unpaired) electrons. The van der Waals surface area contributed by atoms with Crippen molar-refractivity contribution in [3.8, 4) is 0 Å². The van der Waals surface area contributed by atoms with Gasteiger partial charge in [0.15, 0.2) is 0 Å². The van der Waals surface area contributed by atoms with E-state index in [2.05, 4.69) is 29.8 Å². The molecule has 2 N–H and O–H groups in total. The molecule has 0 atom stereocenters. The number of aliphatic hydroxyl groups is 1. The molecule has 1 saturated carbocycles. The topological polar surface area (TPSA) is 32.3 Å². The van der Waals surface area contributed by atoms with Gasteiger partial charge in [0.1, 0.15) is 0 Å². The fourth-order valence-electron chi connectivity index (χ4n) is 2.79. The second-order valence-corrected chi connectivity index (χ2v) is 6.61. The van der Waals surface area contributed by atoms with E-state index in [1.807, 2.05) is 11.3 Å². The lowest BCUT2D eigenvalue weighted by atomic mass is 9.78. The van der Waals surface area contributed by atoms with Crippen LogP contribution < -0.4 is 5.32 Å². The average molecular weight is 267 g/mol. The molecular weight excluding hydrogens is 242 g/mol. The van der Waals surface area contributed by atoms with Crippen LogP contribution in [-0.4, -0.2) is 23.8 Å². The molecule has 18 heavy (non-hydrogen) atoms. The SMILES string of the molecule is CCC1CCC(O)(CNCCc2cccs2)CC1. The van der Waals surface area contributed by atoms with E-state index < -0.39 is 5.60 Å². The monoisotopic (exact) mass is 267 g/mol. The molecule has 2 rings (SSSR count). The van der Waals surface area contributed by atoms with Gasteiger partial charge in [0, 0.05) is 18.0 Å². The van der Waals surface area contributed by atoms with Crippen molar-refractivity contribution in [3.05, 3.63) is 22.4 Å². The Bertz CT molecular complexity index is 328. The van der Waals surface area contributed by atoms with Crippen LogP contribution >= 0.6 is 11.3 Å². The van der Waals surface area contributed by atoms with E-state index in [9.17, 15) is 5.11 Å². The van der Waals surface area contributed by atoms with Gasteiger partial charge in [-0.2, -0.15) is 0 Å². The van der Waals surface area contributed by atoms with Crippen LogP contribution in [0.4, 0.5) is 0 Å². The first-order chi connectivity index (χ1) is 8.72. The zero-order chi connectivity index (χ0) is 12.8. The molecule has 1 aromatic rings. The minimum Gasteiger partial charge on any atom is -0.389 e. The van der Waals surface area contributed by atoms with Crippen LogP contribution in [0.2, 0.25) is 0 Å². The van der Waals surface area contributed by atoms with Crippen molar-refractivity contribution in [3.63, 3.8) is 0 Å². The van der Waals surface area contributed by atoms with Gasteiger partial charge < -0.3 is 10.4 Å². The van der Waals surface area contributed by atoms with Crippen LogP contribution in [0, 0.1) is 5.92 Å². The lowest BCUT2D eigenvalue weighted by Gasteiger charge is -2.36. The summed E-state index contributed by atoms with van der Waals surface area (Å²) in [5, 5.41) is 16.0. The second kappa shape index (κ2) is 6.69. The van der Waals surface area contributed by atoms with Crippen molar-refractivity contribution >= 4 is 11.3 Å². The number of rotatable bonds is 6. The summed E-state index contributed by atoms with van der Waals surface area (Å²) in [6, 6.07) is 4.27. The minimum atomic E-state index is -0.443. The average Bonchev–Trinajstić information content (AvgIpc) is 2.89. The summed E-state index contributed by atoms with van der Waals surface area (Å²) >= 11 is 1.81. The van der Waals surface area contributed by atoms with Crippen molar-refractivity contribution < 1.29 is 5.11 Å². The molecule has 102 valence electrons. The largest absolute Gasteiger partial charge is 0.389 e. The third kappa shape index (κ3) is 4.08. The number of hydrogen-bond donors (Lipinski definition) is 2. The molecule has 1 heterocycles. The molecule has 0 amide bonds. The molecular formula is C15H25NOS. The molecule has 3 heteroatoms. The summed E-state index contributed by atoms with van der Waals surface area (Å²) < 4.78 is 0. The molecule has 0 aromatic carbocycles. The van der Waals surface area contributed by atoms with Crippen molar-refractivity contribution in [2.45, 2.75) is 51.0 Å². The Hall–Kier alpha value is -0.380. The molecule has 0 saturated heterocycles. The van der Waals surface area contributed by atoms with E-state index in [4.69, 9.17) is 0 Å². The van der Waals surface area contributed by atoms with Crippen LogP contribution in [-0.2, 0) is 6.42 Å². The quantitative estimate of drug-likeness (QED) is 0.776. The molecule has 1 aliphatic rings. The maximum Gasteiger partial charge on any atom is 0.0771 e. The van der Waals surface area contributed by atoms with Crippen molar-refractivity contribution in [1.29, 1.82) is 0 Å². The zero-order valence-electron chi connectivity index (χ0n) is 11.3. The molecule has 0 aliphatic heterocycles. The standard InChI is InChI=1S/C15H25NOS/c1-2-13-5-8-15(17,9-6-13)12-16-10-7-14-4-3-11-18-14/h3-4,11,13,16-17H,2,5-10,12H2,1H3. The number of thiophene rings is 1. The molecule has 1 fully saturated rings. The third-order valence-corrected chi connectivity index (χ3v) is 5.13. The molecule has 2 nitrogen and oxygen atoms in total.